The predicted molar refractivity (Wildman–Crippen MR) is 79.2 cm³/mol. The summed E-state index contributed by atoms with van der Waals surface area (Å²) < 4.78 is 28.1. The highest BCUT2D eigenvalue weighted by atomic mass is 35.5. The molecule has 0 radical (unpaired) electrons. The van der Waals surface area contributed by atoms with Crippen LogP contribution >= 0.6 is 23.2 Å². The molecule has 0 bridgehead atoms. The zero-order valence-electron chi connectivity index (χ0n) is 9.97. The highest BCUT2D eigenvalue weighted by Crippen LogP contribution is 2.17. The molecule has 1 rings (SSSR count). The summed E-state index contributed by atoms with van der Waals surface area (Å²) >= 11 is 11.4. The third kappa shape index (κ3) is 4.88. The van der Waals surface area contributed by atoms with Crippen molar-refractivity contribution in [1.29, 1.82) is 0 Å². The molecular formula is C11H15Cl2NO2S2. The average molecular weight is 328 g/mol. The van der Waals surface area contributed by atoms with Gasteiger partial charge in [-0.1, -0.05) is 29.2 Å². The molecule has 3 nitrogen and oxygen atoms in total. The minimum Gasteiger partial charge on any atom is -0.199 e. The first-order valence-electron chi connectivity index (χ1n) is 5.46. The van der Waals surface area contributed by atoms with Gasteiger partial charge in [-0.3, -0.25) is 0 Å². The Balaban J connectivity index is 3.04. The number of nitrogens with zero attached hydrogens (tertiary/aromatic N) is 1. The largest absolute Gasteiger partial charge is 0.287 e. The first kappa shape index (κ1) is 16.0. The quantitative estimate of drug-likeness (QED) is 0.751. The van der Waals surface area contributed by atoms with Crippen LogP contribution in [-0.2, 0) is 20.7 Å². The maximum absolute atomic E-state index is 12.1. The van der Waals surface area contributed by atoms with Gasteiger partial charge >= 0.3 is 0 Å². The Morgan fingerprint density at radius 1 is 1.22 bits per heavy atom. The zero-order chi connectivity index (χ0) is 13.6. The Kier molecular flexibility index (Phi) is 6.63. The molecule has 0 aliphatic heterocycles. The molecule has 0 saturated heterocycles. The van der Waals surface area contributed by atoms with E-state index in [9.17, 15) is 8.42 Å². The van der Waals surface area contributed by atoms with Crippen LogP contribution in [0.4, 0.5) is 0 Å². The Bertz CT molecular complexity index is 504. The molecule has 0 N–H and O–H groups in total. The highest BCUT2D eigenvalue weighted by molar-refractivity contribution is 8.00. The lowest BCUT2D eigenvalue weighted by Crippen LogP contribution is -2.07. The molecule has 0 saturated carbocycles. The van der Waals surface area contributed by atoms with Crippen molar-refractivity contribution in [2.75, 3.05) is 17.4 Å². The molecular weight excluding hydrogens is 313 g/mol. The van der Waals surface area contributed by atoms with Crippen LogP contribution in [0.15, 0.2) is 32.9 Å². The molecule has 102 valence electrons. The normalized spacial score (nSPS) is 13.7. The van der Waals surface area contributed by atoms with E-state index in [0.29, 0.717) is 16.7 Å². The second-order valence-electron chi connectivity index (χ2n) is 3.56. The number of alkyl halides is 1. The van der Waals surface area contributed by atoms with Crippen LogP contribution in [0, 0.1) is 0 Å². The number of hydrogen-bond donors (Lipinski definition) is 0. The number of benzene rings is 1. The fourth-order valence-corrected chi connectivity index (χ4v) is 5.33. The van der Waals surface area contributed by atoms with Crippen molar-refractivity contribution in [1.82, 2.24) is 0 Å². The van der Waals surface area contributed by atoms with E-state index in [0.717, 1.165) is 12.2 Å². The van der Waals surface area contributed by atoms with Gasteiger partial charge in [0.25, 0.3) is 10.0 Å². The summed E-state index contributed by atoms with van der Waals surface area (Å²) in [6.45, 7) is 2.00. The highest BCUT2D eigenvalue weighted by Gasteiger charge is 2.13. The van der Waals surface area contributed by atoms with Crippen molar-refractivity contribution in [3.8, 4) is 0 Å². The molecule has 0 unspecified atom stereocenters. The smallest absolute Gasteiger partial charge is 0.199 e. The number of halogens is 2. The maximum atomic E-state index is 12.1. The summed E-state index contributed by atoms with van der Waals surface area (Å²) in [5.74, 6) is 1.77. The van der Waals surface area contributed by atoms with Crippen molar-refractivity contribution < 1.29 is 8.42 Å². The Hall–Kier alpha value is -0.100. The molecule has 0 aliphatic carbocycles. The molecule has 0 amide bonds. The van der Waals surface area contributed by atoms with Gasteiger partial charge in [0.05, 0.1) is 4.90 Å². The van der Waals surface area contributed by atoms with Crippen molar-refractivity contribution in [3.63, 3.8) is 0 Å². The standard InChI is InChI=1S/C11H15Cl2NO2S2/c1-2-8-17(9-7-12)14-18(15,16)11-5-3-10(13)4-6-11/h3-6H,2,7-9H2,1H3/t17-/m1/s1. The topological polar surface area (TPSA) is 46.5 Å². The number of hydrogen-bond acceptors (Lipinski definition) is 2. The van der Waals surface area contributed by atoms with E-state index in [1.54, 1.807) is 12.1 Å². The van der Waals surface area contributed by atoms with Gasteiger partial charge in [-0.25, -0.2) is 0 Å². The van der Waals surface area contributed by atoms with Gasteiger partial charge in [0.2, 0.25) is 0 Å². The summed E-state index contributed by atoms with van der Waals surface area (Å²) in [4.78, 5) is 0.176. The lowest BCUT2D eigenvalue weighted by molar-refractivity contribution is 0.598. The predicted octanol–water partition coefficient (Wildman–Crippen LogP) is 3.48. The summed E-state index contributed by atoms with van der Waals surface area (Å²) in [6.07, 6.45) is 0.889. The van der Waals surface area contributed by atoms with E-state index in [2.05, 4.69) is 3.77 Å². The molecule has 0 spiro atoms. The summed E-state index contributed by atoms with van der Waals surface area (Å²) in [7, 11) is -4.13. The molecule has 0 heterocycles. The molecule has 0 aromatic heterocycles. The van der Waals surface area contributed by atoms with Crippen molar-refractivity contribution in [3.05, 3.63) is 29.3 Å². The Morgan fingerprint density at radius 3 is 2.33 bits per heavy atom. The SMILES string of the molecule is CCC[S@](CCCl)=NS(=O)(=O)c1ccc(Cl)cc1. The van der Waals surface area contributed by atoms with Crippen LogP contribution in [0.2, 0.25) is 5.02 Å². The minimum absolute atomic E-state index is 0.176. The van der Waals surface area contributed by atoms with Crippen LogP contribution in [0.5, 0.6) is 0 Å². The third-order valence-electron chi connectivity index (χ3n) is 2.07. The van der Waals surface area contributed by atoms with Crippen LogP contribution in [0.25, 0.3) is 0 Å². The minimum atomic E-state index is -3.60. The zero-order valence-corrected chi connectivity index (χ0v) is 13.1. The van der Waals surface area contributed by atoms with E-state index < -0.39 is 20.7 Å². The summed E-state index contributed by atoms with van der Waals surface area (Å²) in [5.41, 5.74) is 0. The molecule has 1 aromatic rings. The van der Waals surface area contributed by atoms with Crippen LogP contribution in [0.3, 0.4) is 0 Å². The van der Waals surface area contributed by atoms with Crippen molar-refractivity contribution in [2.45, 2.75) is 18.2 Å². The van der Waals surface area contributed by atoms with Gasteiger partial charge in [0.1, 0.15) is 0 Å². The molecule has 18 heavy (non-hydrogen) atoms. The third-order valence-corrected chi connectivity index (χ3v) is 6.78. The molecule has 1 aromatic carbocycles. The first-order chi connectivity index (χ1) is 8.49. The first-order valence-corrected chi connectivity index (χ1v) is 9.34. The monoisotopic (exact) mass is 327 g/mol. The lowest BCUT2D eigenvalue weighted by Gasteiger charge is -2.05. The van der Waals surface area contributed by atoms with Crippen molar-refractivity contribution >= 4 is 43.9 Å². The molecule has 1 atom stereocenters. The van der Waals surface area contributed by atoms with Gasteiger partial charge in [-0.2, -0.15) is 8.42 Å². The van der Waals surface area contributed by atoms with Crippen molar-refractivity contribution in [2.24, 2.45) is 3.77 Å². The van der Waals surface area contributed by atoms with Crippen LogP contribution in [-0.4, -0.2) is 25.8 Å². The molecule has 7 heteroatoms. The fraction of sp³-hybridized carbons (Fsp3) is 0.455. The Morgan fingerprint density at radius 2 is 1.83 bits per heavy atom. The van der Waals surface area contributed by atoms with Gasteiger partial charge in [-0.05, 0) is 30.7 Å². The maximum Gasteiger partial charge on any atom is 0.287 e. The lowest BCUT2D eigenvalue weighted by atomic mass is 10.4. The van der Waals surface area contributed by atoms with Crippen LogP contribution in [0.1, 0.15) is 13.3 Å². The van der Waals surface area contributed by atoms with E-state index >= 15 is 0 Å². The van der Waals surface area contributed by atoms with E-state index in [4.69, 9.17) is 23.2 Å². The number of rotatable bonds is 6. The van der Waals surface area contributed by atoms with E-state index in [1.165, 1.54) is 12.1 Å². The summed E-state index contributed by atoms with van der Waals surface area (Å²) in [5, 5.41) is 0.502. The van der Waals surface area contributed by atoms with Gasteiger partial charge < -0.3 is 0 Å². The van der Waals surface area contributed by atoms with E-state index in [-0.39, 0.29) is 4.90 Å². The van der Waals surface area contributed by atoms with Gasteiger partial charge in [-0.15, -0.1) is 15.4 Å². The average Bonchev–Trinajstić information content (AvgIpc) is 2.29. The van der Waals surface area contributed by atoms with Gasteiger partial charge in [0, 0.05) is 22.4 Å². The molecule has 0 fully saturated rings. The second kappa shape index (κ2) is 7.48. The second-order valence-corrected chi connectivity index (χ2v) is 8.14. The van der Waals surface area contributed by atoms with Gasteiger partial charge in [0.15, 0.2) is 0 Å². The van der Waals surface area contributed by atoms with E-state index in [1.807, 2.05) is 6.92 Å². The summed E-state index contributed by atoms with van der Waals surface area (Å²) in [6, 6.07) is 6.03. The molecule has 0 aliphatic rings. The van der Waals surface area contributed by atoms with Crippen LogP contribution < -0.4 is 0 Å². The fourth-order valence-electron chi connectivity index (χ4n) is 1.29. The number of sulfonamides is 1. The Labute approximate surface area is 121 Å².